The highest BCUT2D eigenvalue weighted by atomic mass is 35.5. The Hall–Kier alpha value is -1.06. The molecular formula is C11H12ClNO2. The second kappa shape index (κ2) is 3.83. The third kappa shape index (κ3) is 1.98. The molecule has 1 aliphatic rings. The normalized spacial score (nSPS) is 21.1. The molecule has 0 saturated heterocycles. The number of primary amides is 1. The third-order valence-electron chi connectivity index (χ3n) is 2.87. The van der Waals surface area contributed by atoms with E-state index in [4.69, 9.17) is 17.3 Å². The van der Waals surface area contributed by atoms with Crippen molar-refractivity contribution < 1.29 is 9.90 Å². The molecule has 0 radical (unpaired) electrons. The molecule has 15 heavy (non-hydrogen) atoms. The zero-order valence-electron chi connectivity index (χ0n) is 8.11. The molecule has 4 heteroatoms. The van der Waals surface area contributed by atoms with Gasteiger partial charge >= 0.3 is 0 Å². The summed E-state index contributed by atoms with van der Waals surface area (Å²) >= 11 is 5.86. The molecule has 0 heterocycles. The summed E-state index contributed by atoms with van der Waals surface area (Å²) < 4.78 is 0. The predicted octanol–water partition coefficient (Wildman–Crippen LogP) is 0.901. The maximum Gasteiger partial charge on any atom is 0.246 e. The molecule has 80 valence electrons. The van der Waals surface area contributed by atoms with Gasteiger partial charge in [-0.05, 0) is 36.1 Å². The van der Waals surface area contributed by atoms with E-state index < -0.39 is 12.0 Å². The number of nitrogens with two attached hydrogens (primary N) is 1. The lowest BCUT2D eigenvalue weighted by Crippen LogP contribution is -2.35. The molecule has 1 amide bonds. The van der Waals surface area contributed by atoms with E-state index in [-0.39, 0.29) is 5.92 Å². The summed E-state index contributed by atoms with van der Waals surface area (Å²) in [5.41, 5.74) is 7.31. The van der Waals surface area contributed by atoms with Crippen LogP contribution < -0.4 is 5.73 Å². The number of fused-ring (bicyclic) bond motifs is 1. The van der Waals surface area contributed by atoms with Crippen LogP contribution >= 0.6 is 11.6 Å². The first-order valence-corrected chi connectivity index (χ1v) is 5.20. The number of aliphatic hydroxyl groups excluding tert-OH is 1. The molecule has 1 aromatic rings. The van der Waals surface area contributed by atoms with Crippen molar-refractivity contribution in [2.75, 3.05) is 0 Å². The van der Waals surface area contributed by atoms with Crippen molar-refractivity contribution in [3.05, 3.63) is 34.3 Å². The van der Waals surface area contributed by atoms with Crippen molar-refractivity contribution >= 4 is 17.5 Å². The van der Waals surface area contributed by atoms with Crippen molar-refractivity contribution in [1.82, 2.24) is 0 Å². The van der Waals surface area contributed by atoms with Gasteiger partial charge in [0.05, 0.1) is 0 Å². The Balaban J connectivity index is 2.19. The lowest BCUT2D eigenvalue weighted by molar-refractivity contribution is -0.128. The molecule has 2 atom stereocenters. The first kappa shape index (κ1) is 10.5. The molecule has 0 aromatic heterocycles. The van der Waals surface area contributed by atoms with Gasteiger partial charge in [0.25, 0.3) is 0 Å². The highest BCUT2D eigenvalue weighted by Gasteiger charge is 2.30. The molecule has 0 fully saturated rings. The summed E-state index contributed by atoms with van der Waals surface area (Å²) in [6, 6.07) is 5.63. The zero-order chi connectivity index (χ0) is 11.0. The Kier molecular flexibility index (Phi) is 2.67. The minimum Gasteiger partial charge on any atom is -0.383 e. The second-order valence-corrected chi connectivity index (χ2v) is 4.37. The maximum atomic E-state index is 10.9. The minimum absolute atomic E-state index is 0.101. The Morgan fingerprint density at radius 1 is 1.47 bits per heavy atom. The first-order chi connectivity index (χ1) is 7.08. The van der Waals surface area contributed by atoms with Crippen LogP contribution in [0.15, 0.2) is 18.2 Å². The van der Waals surface area contributed by atoms with E-state index >= 15 is 0 Å². The lowest BCUT2D eigenvalue weighted by Gasteiger charge is -2.13. The number of carbonyl (C=O) groups excluding carboxylic acids is 1. The average Bonchev–Trinajstić information content (AvgIpc) is 2.58. The van der Waals surface area contributed by atoms with Crippen LogP contribution in [0, 0.1) is 5.92 Å². The number of halogens is 1. The van der Waals surface area contributed by atoms with E-state index in [1.165, 1.54) is 0 Å². The van der Waals surface area contributed by atoms with Crippen molar-refractivity contribution in [2.45, 2.75) is 18.9 Å². The quantitative estimate of drug-likeness (QED) is 0.786. The van der Waals surface area contributed by atoms with Gasteiger partial charge in [0.2, 0.25) is 5.91 Å². The van der Waals surface area contributed by atoms with Gasteiger partial charge in [0.15, 0.2) is 0 Å². The smallest absolute Gasteiger partial charge is 0.246 e. The van der Waals surface area contributed by atoms with Crippen LogP contribution in [0.25, 0.3) is 0 Å². The Bertz CT molecular complexity index is 406. The monoisotopic (exact) mass is 225 g/mol. The van der Waals surface area contributed by atoms with E-state index in [9.17, 15) is 9.90 Å². The maximum absolute atomic E-state index is 10.9. The molecule has 2 rings (SSSR count). The van der Waals surface area contributed by atoms with Crippen LogP contribution in [0.3, 0.4) is 0 Å². The summed E-state index contributed by atoms with van der Waals surface area (Å²) in [6.45, 7) is 0. The molecule has 3 nitrogen and oxygen atoms in total. The van der Waals surface area contributed by atoms with E-state index in [0.717, 1.165) is 11.1 Å². The summed E-state index contributed by atoms with van der Waals surface area (Å²) in [5, 5.41) is 10.2. The minimum atomic E-state index is -1.06. The van der Waals surface area contributed by atoms with Crippen molar-refractivity contribution in [3.8, 4) is 0 Å². The van der Waals surface area contributed by atoms with Gasteiger partial charge in [-0.25, -0.2) is 0 Å². The van der Waals surface area contributed by atoms with Crippen LogP contribution in [0.1, 0.15) is 11.1 Å². The SMILES string of the molecule is NC(=O)C(O)C1Cc2ccc(Cl)cc2C1. The molecular weight excluding hydrogens is 214 g/mol. The van der Waals surface area contributed by atoms with Gasteiger partial charge in [0.1, 0.15) is 6.10 Å². The van der Waals surface area contributed by atoms with Gasteiger partial charge in [-0.15, -0.1) is 0 Å². The highest BCUT2D eigenvalue weighted by molar-refractivity contribution is 6.30. The van der Waals surface area contributed by atoms with Crippen LogP contribution in [0.5, 0.6) is 0 Å². The predicted molar refractivity (Wildman–Crippen MR) is 57.6 cm³/mol. The average molecular weight is 226 g/mol. The second-order valence-electron chi connectivity index (χ2n) is 3.93. The molecule has 1 aliphatic carbocycles. The topological polar surface area (TPSA) is 63.3 Å². The molecule has 0 spiro atoms. The van der Waals surface area contributed by atoms with Gasteiger partial charge in [0, 0.05) is 10.9 Å². The van der Waals surface area contributed by atoms with Crippen molar-refractivity contribution in [2.24, 2.45) is 11.7 Å². The van der Waals surface area contributed by atoms with Crippen molar-refractivity contribution in [1.29, 1.82) is 0 Å². The molecule has 0 bridgehead atoms. The highest BCUT2D eigenvalue weighted by Crippen LogP contribution is 2.30. The number of amides is 1. The van der Waals surface area contributed by atoms with Gasteiger partial charge in [-0.3, -0.25) is 4.79 Å². The summed E-state index contributed by atoms with van der Waals surface area (Å²) in [5.74, 6) is -0.755. The van der Waals surface area contributed by atoms with Crippen LogP contribution in [-0.4, -0.2) is 17.1 Å². The number of carbonyl (C=O) groups is 1. The standard InChI is InChI=1S/C11H12ClNO2/c12-9-2-1-6-3-8(4-7(6)5-9)10(14)11(13)15/h1-2,5,8,10,14H,3-4H2,(H2,13,15). The van der Waals surface area contributed by atoms with Crippen LogP contribution in [0.2, 0.25) is 5.02 Å². The largest absolute Gasteiger partial charge is 0.383 e. The molecule has 2 unspecified atom stereocenters. The summed E-state index contributed by atoms with van der Waals surface area (Å²) in [4.78, 5) is 10.9. The fourth-order valence-electron chi connectivity index (χ4n) is 2.08. The molecule has 3 N–H and O–H groups in total. The van der Waals surface area contributed by atoms with Crippen LogP contribution in [0.4, 0.5) is 0 Å². The van der Waals surface area contributed by atoms with E-state index in [2.05, 4.69) is 0 Å². The summed E-state index contributed by atoms with van der Waals surface area (Å²) in [6.07, 6.45) is 0.299. The zero-order valence-corrected chi connectivity index (χ0v) is 8.87. The fourth-order valence-corrected chi connectivity index (χ4v) is 2.27. The third-order valence-corrected chi connectivity index (χ3v) is 3.11. The van der Waals surface area contributed by atoms with E-state index in [1.807, 2.05) is 18.2 Å². The molecule has 1 aromatic carbocycles. The number of benzene rings is 1. The van der Waals surface area contributed by atoms with E-state index in [1.54, 1.807) is 0 Å². The Morgan fingerprint density at radius 3 is 2.80 bits per heavy atom. The van der Waals surface area contributed by atoms with E-state index in [0.29, 0.717) is 17.9 Å². The first-order valence-electron chi connectivity index (χ1n) is 4.82. The molecule has 0 saturated carbocycles. The van der Waals surface area contributed by atoms with Crippen molar-refractivity contribution in [3.63, 3.8) is 0 Å². The van der Waals surface area contributed by atoms with Gasteiger partial charge in [-0.2, -0.15) is 0 Å². The Labute approximate surface area is 92.8 Å². The fraction of sp³-hybridized carbons (Fsp3) is 0.364. The number of rotatable bonds is 2. The Morgan fingerprint density at radius 2 is 2.13 bits per heavy atom. The van der Waals surface area contributed by atoms with Gasteiger partial charge in [-0.1, -0.05) is 17.7 Å². The van der Waals surface area contributed by atoms with Crippen LogP contribution in [-0.2, 0) is 17.6 Å². The molecule has 0 aliphatic heterocycles. The lowest BCUT2D eigenvalue weighted by atomic mass is 9.99. The van der Waals surface area contributed by atoms with Gasteiger partial charge < -0.3 is 10.8 Å². The summed E-state index contributed by atoms with van der Waals surface area (Å²) in [7, 11) is 0. The number of aliphatic hydroxyl groups is 1. The number of hydrogen-bond acceptors (Lipinski definition) is 2. The number of hydrogen-bond donors (Lipinski definition) is 2.